The molecule has 0 amide bonds. The molecule has 0 aliphatic heterocycles. The zero-order chi connectivity index (χ0) is 15.8. The minimum Gasteiger partial charge on any atom is -0.385 e. The summed E-state index contributed by atoms with van der Waals surface area (Å²) in [6.45, 7) is 2.24. The number of carbonyl (C=O) groups is 1. The zero-order valence-corrected chi connectivity index (χ0v) is 13.8. The molecule has 1 aromatic rings. The molecule has 0 radical (unpaired) electrons. The second-order valence-corrected chi connectivity index (χ2v) is 6.42. The molecule has 2 rings (SSSR count). The first-order valence-electron chi connectivity index (χ1n) is 8.93. The van der Waals surface area contributed by atoms with Gasteiger partial charge in [0.25, 0.3) is 0 Å². The lowest BCUT2D eigenvalue weighted by molar-refractivity contribution is 0.0703. The lowest BCUT2D eigenvalue weighted by atomic mass is 9.91. The maximum Gasteiger partial charge on any atom is 0.196 e. The molecular formula is C18H29NO3. The second kappa shape index (κ2) is 9.09. The van der Waals surface area contributed by atoms with E-state index in [1.807, 2.05) is 0 Å². The first-order valence-corrected chi connectivity index (χ1v) is 8.93. The average molecular weight is 307 g/mol. The Hall–Kier alpha value is -1.16. The van der Waals surface area contributed by atoms with Crippen LogP contribution >= 0.6 is 0 Å². The van der Waals surface area contributed by atoms with Crippen molar-refractivity contribution in [2.75, 3.05) is 0 Å². The molecule has 4 nitrogen and oxygen atoms in total. The molecule has 22 heavy (non-hydrogen) atoms. The summed E-state index contributed by atoms with van der Waals surface area (Å²) < 4.78 is 5.26. The first-order chi connectivity index (χ1) is 10.7. The highest BCUT2D eigenvalue weighted by Crippen LogP contribution is 2.25. The number of aromatic nitrogens is 1. The molecule has 1 aliphatic carbocycles. The van der Waals surface area contributed by atoms with Gasteiger partial charge in [-0.25, -0.2) is 0 Å². The molecule has 4 heteroatoms. The number of rotatable bonds is 10. The zero-order valence-electron chi connectivity index (χ0n) is 13.8. The molecule has 0 fully saturated rings. The first kappa shape index (κ1) is 17.2. The van der Waals surface area contributed by atoms with Gasteiger partial charge in [-0.2, -0.15) is 0 Å². The van der Waals surface area contributed by atoms with Crippen LogP contribution in [0.1, 0.15) is 92.9 Å². The summed E-state index contributed by atoms with van der Waals surface area (Å²) in [5.74, 6) is 0.467. The number of aryl methyl sites for hydroxylation is 2. The molecular weight excluding hydrogens is 278 g/mol. The third kappa shape index (κ3) is 4.67. The summed E-state index contributed by atoms with van der Waals surface area (Å²) in [5, 5.41) is 13.7. The number of ketones is 1. The average Bonchev–Trinajstić information content (AvgIpc) is 2.93. The Morgan fingerprint density at radius 2 is 1.73 bits per heavy atom. The minimum atomic E-state index is -0.867. The molecule has 0 bridgehead atoms. The van der Waals surface area contributed by atoms with Crippen LogP contribution < -0.4 is 0 Å². The molecule has 1 aromatic heterocycles. The van der Waals surface area contributed by atoms with Crippen LogP contribution in [0.4, 0.5) is 0 Å². The highest BCUT2D eigenvalue weighted by atomic mass is 16.5. The fourth-order valence-corrected chi connectivity index (χ4v) is 3.15. The van der Waals surface area contributed by atoms with Gasteiger partial charge in [-0.15, -0.1) is 0 Å². The van der Waals surface area contributed by atoms with Gasteiger partial charge in [0, 0.05) is 6.42 Å². The summed E-state index contributed by atoms with van der Waals surface area (Å²) in [6, 6.07) is 0. The van der Waals surface area contributed by atoms with Gasteiger partial charge in [0.2, 0.25) is 0 Å². The van der Waals surface area contributed by atoms with Gasteiger partial charge < -0.3 is 9.63 Å². The molecule has 0 spiro atoms. The number of Topliss-reactive ketones (excluding diaryl/α,β-unsaturated/α-hetero) is 1. The quantitative estimate of drug-likeness (QED) is 0.657. The highest BCUT2D eigenvalue weighted by molar-refractivity contribution is 6.02. The van der Waals surface area contributed by atoms with Crippen molar-refractivity contribution in [2.45, 2.75) is 90.1 Å². The van der Waals surface area contributed by atoms with Gasteiger partial charge in [0.05, 0.1) is 11.3 Å². The molecule has 0 unspecified atom stereocenters. The van der Waals surface area contributed by atoms with E-state index < -0.39 is 6.10 Å². The van der Waals surface area contributed by atoms with Crippen molar-refractivity contribution < 1.29 is 14.4 Å². The Kier molecular flexibility index (Phi) is 7.10. The second-order valence-electron chi connectivity index (χ2n) is 6.42. The molecule has 0 saturated heterocycles. The Balaban J connectivity index is 1.64. The van der Waals surface area contributed by atoms with E-state index in [0.29, 0.717) is 24.2 Å². The molecule has 1 N–H and O–H groups in total. The topological polar surface area (TPSA) is 63.3 Å². The van der Waals surface area contributed by atoms with Crippen LogP contribution in [-0.4, -0.2) is 22.2 Å². The van der Waals surface area contributed by atoms with E-state index in [9.17, 15) is 9.90 Å². The van der Waals surface area contributed by atoms with Gasteiger partial charge in [-0.1, -0.05) is 63.4 Å². The van der Waals surface area contributed by atoms with E-state index in [2.05, 4.69) is 12.1 Å². The van der Waals surface area contributed by atoms with Crippen molar-refractivity contribution >= 4 is 5.78 Å². The van der Waals surface area contributed by atoms with Crippen molar-refractivity contribution in [3.63, 3.8) is 0 Å². The number of fused-ring (bicyclic) bond motifs is 1. The van der Waals surface area contributed by atoms with Crippen LogP contribution in [0.3, 0.4) is 0 Å². The summed E-state index contributed by atoms with van der Waals surface area (Å²) in [6.07, 6.45) is 12.5. The van der Waals surface area contributed by atoms with E-state index in [-0.39, 0.29) is 5.78 Å². The normalized spacial score (nSPS) is 17.7. The number of hydrogen-bond donors (Lipinski definition) is 1. The SMILES string of the molecule is CCCCCCCCCCCc1noc2c1C(=O)[C@@H](O)CC2. The predicted molar refractivity (Wildman–Crippen MR) is 86.1 cm³/mol. The third-order valence-corrected chi connectivity index (χ3v) is 4.54. The maximum absolute atomic E-state index is 12.0. The standard InChI is InChI=1S/C18H29NO3/c1-2-3-4-5-6-7-8-9-10-11-14-17-16(22-19-14)13-12-15(20)18(17)21/h15,20H,2-13H2,1H3/t15-/m0/s1. The van der Waals surface area contributed by atoms with Crippen LogP contribution in [0.5, 0.6) is 0 Å². The van der Waals surface area contributed by atoms with E-state index >= 15 is 0 Å². The van der Waals surface area contributed by atoms with Crippen molar-refractivity contribution in [1.29, 1.82) is 0 Å². The van der Waals surface area contributed by atoms with Gasteiger partial charge in [0.15, 0.2) is 5.78 Å². The van der Waals surface area contributed by atoms with Crippen molar-refractivity contribution in [3.05, 3.63) is 17.0 Å². The Labute approximate surface area is 133 Å². The van der Waals surface area contributed by atoms with E-state index in [1.54, 1.807) is 0 Å². The fraction of sp³-hybridized carbons (Fsp3) is 0.778. The van der Waals surface area contributed by atoms with Crippen molar-refractivity contribution in [3.8, 4) is 0 Å². The van der Waals surface area contributed by atoms with E-state index in [4.69, 9.17) is 4.52 Å². The number of carbonyl (C=O) groups excluding carboxylic acids is 1. The minimum absolute atomic E-state index is 0.201. The van der Waals surface area contributed by atoms with Gasteiger partial charge in [-0.3, -0.25) is 4.79 Å². The van der Waals surface area contributed by atoms with E-state index in [1.165, 1.54) is 51.4 Å². The fourth-order valence-electron chi connectivity index (χ4n) is 3.15. The van der Waals surface area contributed by atoms with Crippen LogP contribution in [0.15, 0.2) is 4.52 Å². The smallest absolute Gasteiger partial charge is 0.196 e. The lowest BCUT2D eigenvalue weighted by Crippen LogP contribution is -2.27. The lowest BCUT2D eigenvalue weighted by Gasteiger charge is -2.14. The number of aliphatic hydroxyl groups is 1. The summed E-state index contributed by atoms with van der Waals surface area (Å²) in [4.78, 5) is 12.0. The predicted octanol–water partition coefficient (Wildman–Crippen LogP) is 4.24. The number of nitrogens with zero attached hydrogens (tertiary/aromatic N) is 1. The largest absolute Gasteiger partial charge is 0.385 e. The third-order valence-electron chi connectivity index (χ3n) is 4.54. The Bertz CT molecular complexity index is 467. The van der Waals surface area contributed by atoms with Crippen LogP contribution in [0, 0.1) is 0 Å². The number of hydrogen-bond acceptors (Lipinski definition) is 4. The molecule has 0 aromatic carbocycles. The summed E-state index contributed by atoms with van der Waals surface area (Å²) in [7, 11) is 0. The van der Waals surface area contributed by atoms with E-state index in [0.717, 1.165) is 18.5 Å². The number of aliphatic hydroxyl groups excluding tert-OH is 1. The van der Waals surface area contributed by atoms with Gasteiger partial charge in [-0.05, 0) is 19.3 Å². The monoisotopic (exact) mass is 307 g/mol. The maximum atomic E-state index is 12.0. The van der Waals surface area contributed by atoms with Crippen molar-refractivity contribution in [2.24, 2.45) is 0 Å². The highest BCUT2D eigenvalue weighted by Gasteiger charge is 2.31. The Morgan fingerprint density at radius 1 is 1.09 bits per heavy atom. The molecule has 0 saturated carbocycles. The van der Waals surface area contributed by atoms with Gasteiger partial charge >= 0.3 is 0 Å². The Morgan fingerprint density at radius 3 is 2.41 bits per heavy atom. The van der Waals surface area contributed by atoms with Gasteiger partial charge in [0.1, 0.15) is 11.9 Å². The van der Waals surface area contributed by atoms with Crippen molar-refractivity contribution in [1.82, 2.24) is 5.16 Å². The summed E-state index contributed by atoms with van der Waals surface area (Å²) >= 11 is 0. The summed E-state index contributed by atoms with van der Waals surface area (Å²) in [5.41, 5.74) is 1.32. The van der Waals surface area contributed by atoms with Crippen LogP contribution in [-0.2, 0) is 12.8 Å². The van der Waals surface area contributed by atoms with Crippen LogP contribution in [0.2, 0.25) is 0 Å². The van der Waals surface area contributed by atoms with Crippen LogP contribution in [0.25, 0.3) is 0 Å². The molecule has 124 valence electrons. The molecule has 1 atom stereocenters. The molecule has 1 aliphatic rings. The number of unbranched alkanes of at least 4 members (excludes halogenated alkanes) is 8. The molecule has 1 heterocycles.